The lowest BCUT2D eigenvalue weighted by molar-refractivity contribution is -0.136. The summed E-state index contributed by atoms with van der Waals surface area (Å²) in [5.74, 6) is -0.348. The Hall–Kier alpha value is -1.88. The number of benzene rings is 1. The zero-order valence-electron chi connectivity index (χ0n) is 13.0. The van der Waals surface area contributed by atoms with Crippen LogP contribution in [0.4, 0.5) is 0 Å². The number of methoxy groups -OCH3 is 1. The van der Waals surface area contributed by atoms with Gasteiger partial charge in [-0.25, -0.2) is 4.79 Å². The molecule has 112 valence electrons. The molecule has 0 amide bonds. The highest BCUT2D eigenvalue weighted by Gasteiger charge is 2.32. The lowest BCUT2D eigenvalue weighted by Crippen LogP contribution is -2.45. The van der Waals surface area contributed by atoms with Crippen molar-refractivity contribution in [2.45, 2.75) is 33.7 Å². The van der Waals surface area contributed by atoms with Crippen LogP contribution in [-0.4, -0.2) is 18.2 Å². The quantitative estimate of drug-likeness (QED) is 0.650. The molecule has 5 heteroatoms. The predicted octanol–water partition coefficient (Wildman–Crippen LogP) is 2.58. The number of hydrogen-bond acceptors (Lipinski definition) is 3. The molecular weight excluding hydrogens is 284 g/mol. The van der Waals surface area contributed by atoms with Crippen LogP contribution in [0.25, 0.3) is 0 Å². The van der Waals surface area contributed by atoms with E-state index in [1.807, 2.05) is 20.8 Å². The van der Waals surface area contributed by atoms with E-state index < -0.39 is 0 Å². The molecule has 0 saturated heterocycles. The lowest BCUT2D eigenvalue weighted by Gasteiger charge is -2.31. The fourth-order valence-corrected chi connectivity index (χ4v) is 3.21. The molecule has 21 heavy (non-hydrogen) atoms. The van der Waals surface area contributed by atoms with Crippen molar-refractivity contribution in [2.24, 2.45) is 0 Å². The molecule has 0 saturated carbocycles. The molecule has 1 aromatic rings. The number of nitrogens with one attached hydrogen (secondary N) is 2. The summed E-state index contributed by atoms with van der Waals surface area (Å²) in [6.07, 6.45) is 0. The summed E-state index contributed by atoms with van der Waals surface area (Å²) in [6.45, 7) is 8.00. The molecule has 1 heterocycles. The van der Waals surface area contributed by atoms with E-state index in [0.29, 0.717) is 10.7 Å². The Bertz CT molecular complexity index is 627. The van der Waals surface area contributed by atoms with Crippen molar-refractivity contribution in [3.63, 3.8) is 0 Å². The Kier molecular flexibility index (Phi) is 4.32. The molecule has 4 nitrogen and oxygen atoms in total. The topological polar surface area (TPSA) is 50.4 Å². The molecule has 0 radical (unpaired) electrons. The van der Waals surface area contributed by atoms with Crippen LogP contribution in [-0.2, 0) is 9.53 Å². The zero-order valence-corrected chi connectivity index (χ0v) is 13.8. The maximum absolute atomic E-state index is 12.2. The molecule has 0 fully saturated rings. The molecule has 1 aromatic carbocycles. The molecule has 0 spiro atoms. The van der Waals surface area contributed by atoms with E-state index in [0.717, 1.165) is 22.4 Å². The van der Waals surface area contributed by atoms with E-state index in [1.165, 1.54) is 12.7 Å². The summed E-state index contributed by atoms with van der Waals surface area (Å²) in [7, 11) is 1.39. The Balaban J connectivity index is 2.62. The van der Waals surface area contributed by atoms with Gasteiger partial charge in [0.2, 0.25) is 0 Å². The normalized spacial score (nSPS) is 18.1. The Morgan fingerprint density at radius 1 is 1.19 bits per heavy atom. The highest BCUT2D eigenvalue weighted by Crippen LogP contribution is 2.32. The van der Waals surface area contributed by atoms with Crippen LogP contribution < -0.4 is 10.6 Å². The molecule has 1 aliphatic heterocycles. The maximum Gasteiger partial charge on any atom is 0.337 e. The summed E-state index contributed by atoms with van der Waals surface area (Å²) < 4.78 is 4.93. The van der Waals surface area contributed by atoms with Crippen molar-refractivity contribution in [1.29, 1.82) is 0 Å². The van der Waals surface area contributed by atoms with E-state index in [9.17, 15) is 4.79 Å². The number of carbonyl (C=O) groups excluding carboxylic acids is 1. The first-order valence-corrected chi connectivity index (χ1v) is 7.20. The number of esters is 1. The van der Waals surface area contributed by atoms with Gasteiger partial charge >= 0.3 is 5.97 Å². The largest absolute Gasteiger partial charge is 0.466 e. The van der Waals surface area contributed by atoms with E-state index in [4.69, 9.17) is 17.0 Å². The fourth-order valence-electron chi connectivity index (χ4n) is 2.94. The van der Waals surface area contributed by atoms with Gasteiger partial charge in [-0.1, -0.05) is 17.7 Å². The summed E-state index contributed by atoms with van der Waals surface area (Å²) in [4.78, 5) is 12.2. The van der Waals surface area contributed by atoms with Crippen LogP contribution in [0.15, 0.2) is 23.4 Å². The molecular formula is C16H20N2O2S. The van der Waals surface area contributed by atoms with E-state index in [-0.39, 0.29) is 12.0 Å². The highest BCUT2D eigenvalue weighted by atomic mass is 32.1. The third-order valence-electron chi connectivity index (χ3n) is 3.70. The molecule has 1 atom stereocenters. The van der Waals surface area contributed by atoms with Gasteiger partial charge in [0.15, 0.2) is 5.11 Å². The first-order chi connectivity index (χ1) is 9.85. The number of carbonyl (C=O) groups is 1. The van der Waals surface area contributed by atoms with Crippen LogP contribution >= 0.6 is 12.2 Å². The first kappa shape index (κ1) is 15.5. The van der Waals surface area contributed by atoms with E-state index in [2.05, 4.69) is 29.7 Å². The monoisotopic (exact) mass is 304 g/mol. The van der Waals surface area contributed by atoms with Gasteiger partial charge in [0.05, 0.1) is 18.7 Å². The van der Waals surface area contributed by atoms with Gasteiger partial charge in [0.1, 0.15) is 0 Å². The van der Waals surface area contributed by atoms with Gasteiger partial charge < -0.3 is 15.4 Å². The minimum Gasteiger partial charge on any atom is -0.466 e. The van der Waals surface area contributed by atoms with Gasteiger partial charge in [0, 0.05) is 5.70 Å². The SMILES string of the molecule is COC(=O)C1=C(C)NC(=S)N[C@H]1c1c(C)cc(C)cc1C. The van der Waals surface area contributed by atoms with Crippen LogP contribution in [0.1, 0.15) is 35.2 Å². The van der Waals surface area contributed by atoms with Crippen molar-refractivity contribution in [1.82, 2.24) is 10.6 Å². The standard InChI is InChI=1S/C16H20N2O2S/c1-8-6-9(2)12(10(3)7-8)14-13(15(19)20-5)11(4)17-16(21)18-14/h6-7,14H,1-5H3,(H2,17,18,21)/t14-/m0/s1. The summed E-state index contributed by atoms with van der Waals surface area (Å²) in [6, 6.07) is 3.94. The minimum atomic E-state index is -0.348. The molecule has 2 rings (SSSR count). The number of ether oxygens (including phenoxy) is 1. The van der Waals surface area contributed by atoms with Crippen LogP contribution in [0.5, 0.6) is 0 Å². The van der Waals surface area contributed by atoms with Crippen molar-refractivity contribution in [2.75, 3.05) is 7.11 Å². The summed E-state index contributed by atoms with van der Waals surface area (Å²) in [5, 5.41) is 6.70. The average molecular weight is 304 g/mol. The molecule has 0 bridgehead atoms. The van der Waals surface area contributed by atoms with E-state index >= 15 is 0 Å². The maximum atomic E-state index is 12.2. The smallest absolute Gasteiger partial charge is 0.337 e. The highest BCUT2D eigenvalue weighted by molar-refractivity contribution is 7.80. The van der Waals surface area contributed by atoms with Crippen LogP contribution in [0.2, 0.25) is 0 Å². The van der Waals surface area contributed by atoms with Gasteiger partial charge in [-0.2, -0.15) is 0 Å². The number of hydrogen-bond donors (Lipinski definition) is 2. The van der Waals surface area contributed by atoms with Gasteiger partial charge in [-0.05, 0) is 56.6 Å². The second-order valence-corrected chi connectivity index (χ2v) is 5.78. The molecule has 0 aromatic heterocycles. The summed E-state index contributed by atoms with van der Waals surface area (Å²) >= 11 is 5.24. The van der Waals surface area contributed by atoms with Crippen LogP contribution in [0.3, 0.4) is 0 Å². The molecule has 1 aliphatic rings. The number of thiocarbonyl (C=S) groups is 1. The van der Waals surface area contributed by atoms with Crippen molar-refractivity contribution < 1.29 is 9.53 Å². The van der Waals surface area contributed by atoms with Gasteiger partial charge in [-0.15, -0.1) is 0 Å². The lowest BCUT2D eigenvalue weighted by atomic mass is 9.88. The first-order valence-electron chi connectivity index (χ1n) is 6.79. The second kappa shape index (κ2) is 5.85. The number of allylic oxidation sites excluding steroid dienone is 1. The Morgan fingerprint density at radius 2 is 1.76 bits per heavy atom. The van der Waals surface area contributed by atoms with Gasteiger partial charge in [-0.3, -0.25) is 0 Å². The number of rotatable bonds is 2. The predicted molar refractivity (Wildman–Crippen MR) is 87.0 cm³/mol. The third kappa shape index (κ3) is 2.93. The Labute approximate surface area is 130 Å². The van der Waals surface area contributed by atoms with Crippen LogP contribution in [0, 0.1) is 20.8 Å². The second-order valence-electron chi connectivity index (χ2n) is 5.37. The van der Waals surface area contributed by atoms with Crippen molar-refractivity contribution >= 4 is 23.3 Å². The molecule has 0 unspecified atom stereocenters. The zero-order chi connectivity index (χ0) is 15.7. The summed E-state index contributed by atoms with van der Waals surface area (Å²) in [5.41, 5.74) is 5.83. The fraction of sp³-hybridized carbons (Fsp3) is 0.375. The molecule has 2 N–H and O–H groups in total. The Morgan fingerprint density at radius 3 is 2.29 bits per heavy atom. The number of aryl methyl sites for hydroxylation is 3. The van der Waals surface area contributed by atoms with Crippen molar-refractivity contribution in [3.8, 4) is 0 Å². The third-order valence-corrected chi connectivity index (χ3v) is 3.92. The van der Waals surface area contributed by atoms with Gasteiger partial charge in [0.25, 0.3) is 0 Å². The minimum absolute atomic E-state index is 0.285. The van der Waals surface area contributed by atoms with E-state index in [1.54, 1.807) is 0 Å². The van der Waals surface area contributed by atoms with Crippen molar-refractivity contribution in [3.05, 3.63) is 45.7 Å². The molecule has 0 aliphatic carbocycles. The average Bonchev–Trinajstić information content (AvgIpc) is 2.36.